The Balaban J connectivity index is 1.69. The van der Waals surface area contributed by atoms with Gasteiger partial charge < -0.3 is 4.74 Å². The number of halogens is 1. The molecule has 0 saturated heterocycles. The van der Waals surface area contributed by atoms with Crippen molar-refractivity contribution in [3.8, 4) is 0 Å². The molecule has 0 spiro atoms. The molecule has 26 heavy (non-hydrogen) atoms. The van der Waals surface area contributed by atoms with Crippen LogP contribution in [0.1, 0.15) is 25.7 Å². The average Bonchev–Trinajstić information content (AvgIpc) is 2.69. The van der Waals surface area contributed by atoms with Gasteiger partial charge >= 0.3 is 6.09 Å². The van der Waals surface area contributed by atoms with Gasteiger partial charge in [0.2, 0.25) is 0 Å². The molecule has 0 N–H and O–H groups in total. The molecule has 4 heteroatoms. The van der Waals surface area contributed by atoms with Gasteiger partial charge in [0.1, 0.15) is 0 Å². The summed E-state index contributed by atoms with van der Waals surface area (Å²) in [6.45, 7) is 4.34. The highest BCUT2D eigenvalue weighted by Gasteiger charge is 2.24. The minimum atomic E-state index is -0.357. The van der Waals surface area contributed by atoms with E-state index in [0.717, 1.165) is 37.1 Å². The summed E-state index contributed by atoms with van der Waals surface area (Å²) < 4.78 is 5.68. The van der Waals surface area contributed by atoms with Crippen LogP contribution in [0.4, 0.5) is 16.2 Å². The molecule has 0 bridgehead atoms. The molecule has 2 aromatic carbocycles. The second kappa shape index (κ2) is 8.91. The first kappa shape index (κ1) is 18.5. The van der Waals surface area contributed by atoms with E-state index < -0.39 is 0 Å². The number of ether oxygens (including phenoxy) is 1. The van der Waals surface area contributed by atoms with Crippen LogP contribution in [0, 0.1) is 11.8 Å². The van der Waals surface area contributed by atoms with Gasteiger partial charge in [-0.05, 0) is 73.9 Å². The number of amides is 1. The molecule has 3 rings (SSSR count). The van der Waals surface area contributed by atoms with Gasteiger partial charge in [-0.2, -0.15) is 0 Å². The third-order valence-electron chi connectivity index (χ3n) is 4.95. The van der Waals surface area contributed by atoms with Gasteiger partial charge in [0, 0.05) is 5.02 Å². The summed E-state index contributed by atoms with van der Waals surface area (Å²) in [5.41, 5.74) is 1.51. The van der Waals surface area contributed by atoms with Crippen molar-refractivity contribution in [3.05, 3.63) is 72.3 Å². The predicted molar refractivity (Wildman–Crippen MR) is 107 cm³/mol. The predicted octanol–water partition coefficient (Wildman–Crippen LogP) is 6.61. The molecule has 1 fully saturated rings. The van der Waals surface area contributed by atoms with E-state index in [0.29, 0.717) is 23.5 Å². The fraction of sp³-hybridized carbons (Fsp3) is 0.318. The SMILES string of the molecule is C=CC1CCC(COC(=O)N(c2ccccc2)c2ccc(Cl)cc2)CC1. The number of rotatable bonds is 5. The van der Waals surface area contributed by atoms with Crippen LogP contribution in [-0.4, -0.2) is 12.7 Å². The van der Waals surface area contributed by atoms with Crippen LogP contribution in [-0.2, 0) is 4.74 Å². The number of nitrogens with zero attached hydrogens (tertiary/aromatic N) is 1. The molecule has 0 unspecified atom stereocenters. The summed E-state index contributed by atoms with van der Waals surface area (Å²) in [6, 6.07) is 16.7. The summed E-state index contributed by atoms with van der Waals surface area (Å²) in [5.74, 6) is 1.04. The minimum absolute atomic E-state index is 0.357. The van der Waals surface area contributed by atoms with Gasteiger partial charge in [-0.15, -0.1) is 6.58 Å². The summed E-state index contributed by atoms with van der Waals surface area (Å²) in [7, 11) is 0. The van der Waals surface area contributed by atoms with Crippen molar-refractivity contribution >= 4 is 29.1 Å². The Labute approximate surface area is 160 Å². The van der Waals surface area contributed by atoms with E-state index in [2.05, 4.69) is 6.58 Å². The average molecular weight is 370 g/mol. The smallest absolute Gasteiger partial charge is 0.418 e. The number of carbonyl (C=O) groups excluding carboxylic acids is 1. The summed E-state index contributed by atoms with van der Waals surface area (Å²) in [4.78, 5) is 14.4. The van der Waals surface area contributed by atoms with Crippen molar-refractivity contribution < 1.29 is 9.53 Å². The quantitative estimate of drug-likeness (QED) is 0.555. The topological polar surface area (TPSA) is 29.5 Å². The Bertz CT molecular complexity index is 722. The molecular formula is C22H24ClNO2. The number of hydrogen-bond donors (Lipinski definition) is 0. The summed E-state index contributed by atoms with van der Waals surface area (Å²) in [6.07, 6.45) is 6.10. The van der Waals surface area contributed by atoms with E-state index in [-0.39, 0.29) is 6.09 Å². The molecule has 136 valence electrons. The molecule has 0 aliphatic heterocycles. The lowest BCUT2D eigenvalue weighted by atomic mass is 9.82. The Morgan fingerprint density at radius 3 is 2.27 bits per heavy atom. The van der Waals surface area contributed by atoms with Crippen molar-refractivity contribution in [2.75, 3.05) is 11.5 Å². The molecule has 0 aromatic heterocycles. The van der Waals surface area contributed by atoms with Crippen molar-refractivity contribution in [2.24, 2.45) is 11.8 Å². The van der Waals surface area contributed by atoms with Crippen LogP contribution in [0.25, 0.3) is 0 Å². The first-order valence-electron chi connectivity index (χ1n) is 9.07. The lowest BCUT2D eigenvalue weighted by Gasteiger charge is -2.28. The molecule has 0 radical (unpaired) electrons. The van der Waals surface area contributed by atoms with Gasteiger partial charge in [-0.1, -0.05) is 35.9 Å². The van der Waals surface area contributed by atoms with Crippen molar-refractivity contribution in [1.82, 2.24) is 0 Å². The van der Waals surface area contributed by atoms with Crippen LogP contribution in [0.3, 0.4) is 0 Å². The maximum absolute atomic E-state index is 12.8. The first-order valence-corrected chi connectivity index (χ1v) is 9.45. The van der Waals surface area contributed by atoms with Crippen molar-refractivity contribution in [1.29, 1.82) is 0 Å². The van der Waals surface area contributed by atoms with Gasteiger partial charge in [-0.25, -0.2) is 9.69 Å². The standard InChI is InChI=1S/C22H24ClNO2/c1-2-17-8-10-18(11-9-17)16-26-22(25)24(20-6-4-3-5-7-20)21-14-12-19(23)13-15-21/h2-7,12-15,17-18H,1,8-11,16H2. The highest BCUT2D eigenvalue weighted by Crippen LogP contribution is 2.31. The van der Waals surface area contributed by atoms with E-state index in [9.17, 15) is 4.79 Å². The monoisotopic (exact) mass is 369 g/mol. The molecule has 1 aliphatic carbocycles. The maximum Gasteiger partial charge on any atom is 0.418 e. The van der Waals surface area contributed by atoms with Crippen LogP contribution in [0.5, 0.6) is 0 Å². The van der Waals surface area contributed by atoms with Gasteiger partial charge in [0.15, 0.2) is 0 Å². The molecule has 2 aromatic rings. The number of benzene rings is 2. The normalized spacial score (nSPS) is 19.6. The number of carbonyl (C=O) groups is 1. The van der Waals surface area contributed by atoms with Crippen LogP contribution in [0.15, 0.2) is 67.3 Å². The maximum atomic E-state index is 12.8. The van der Waals surface area contributed by atoms with Crippen molar-refractivity contribution in [3.63, 3.8) is 0 Å². The Hall–Kier alpha value is -2.26. The molecule has 0 heterocycles. The third-order valence-corrected chi connectivity index (χ3v) is 5.20. The lowest BCUT2D eigenvalue weighted by Crippen LogP contribution is -2.29. The zero-order valence-corrected chi connectivity index (χ0v) is 15.6. The van der Waals surface area contributed by atoms with E-state index in [4.69, 9.17) is 16.3 Å². The summed E-state index contributed by atoms with van der Waals surface area (Å²) >= 11 is 5.99. The van der Waals surface area contributed by atoms with E-state index in [1.165, 1.54) is 0 Å². The molecule has 1 saturated carbocycles. The van der Waals surface area contributed by atoms with Crippen LogP contribution < -0.4 is 4.90 Å². The van der Waals surface area contributed by atoms with E-state index in [1.807, 2.05) is 48.5 Å². The van der Waals surface area contributed by atoms with Gasteiger partial charge in [0.05, 0.1) is 18.0 Å². The number of para-hydroxylation sites is 1. The second-order valence-electron chi connectivity index (χ2n) is 6.74. The largest absolute Gasteiger partial charge is 0.449 e. The number of allylic oxidation sites excluding steroid dienone is 1. The molecule has 1 aliphatic rings. The molecular weight excluding hydrogens is 346 g/mol. The van der Waals surface area contributed by atoms with Crippen LogP contribution >= 0.6 is 11.6 Å². The highest BCUT2D eigenvalue weighted by molar-refractivity contribution is 6.30. The fourth-order valence-corrected chi connectivity index (χ4v) is 3.50. The Kier molecular flexibility index (Phi) is 6.35. The number of anilines is 2. The van der Waals surface area contributed by atoms with E-state index in [1.54, 1.807) is 17.0 Å². The van der Waals surface area contributed by atoms with Gasteiger partial charge in [-0.3, -0.25) is 0 Å². The first-order chi connectivity index (χ1) is 12.7. The fourth-order valence-electron chi connectivity index (χ4n) is 3.37. The second-order valence-corrected chi connectivity index (χ2v) is 7.18. The highest BCUT2D eigenvalue weighted by atomic mass is 35.5. The van der Waals surface area contributed by atoms with E-state index >= 15 is 0 Å². The zero-order chi connectivity index (χ0) is 18.4. The Morgan fingerprint density at radius 1 is 1.04 bits per heavy atom. The van der Waals surface area contributed by atoms with Crippen molar-refractivity contribution in [2.45, 2.75) is 25.7 Å². The molecule has 0 atom stereocenters. The number of hydrogen-bond acceptors (Lipinski definition) is 2. The minimum Gasteiger partial charge on any atom is -0.449 e. The summed E-state index contributed by atoms with van der Waals surface area (Å²) in [5, 5.41) is 0.633. The molecule has 1 amide bonds. The zero-order valence-electron chi connectivity index (χ0n) is 14.8. The lowest BCUT2D eigenvalue weighted by molar-refractivity contribution is 0.120. The molecule has 3 nitrogen and oxygen atoms in total. The third kappa shape index (κ3) is 4.67. The Morgan fingerprint density at radius 2 is 1.65 bits per heavy atom. The van der Waals surface area contributed by atoms with Crippen LogP contribution in [0.2, 0.25) is 5.02 Å². The van der Waals surface area contributed by atoms with Gasteiger partial charge in [0.25, 0.3) is 0 Å².